The number of hydrogen-bond acceptors (Lipinski definition) is 3. The van der Waals surface area contributed by atoms with Gasteiger partial charge in [-0.25, -0.2) is 4.79 Å². The predicted octanol–water partition coefficient (Wildman–Crippen LogP) is 0.639. The predicted molar refractivity (Wildman–Crippen MR) is 49.2 cm³/mol. The number of likely N-dealkylation sites (tertiary alicyclic amines) is 1. The largest absolute Gasteiger partial charge is 0.480 e. The van der Waals surface area contributed by atoms with E-state index in [1.807, 2.05) is 0 Å². The highest BCUT2D eigenvalue weighted by molar-refractivity contribution is 5.90. The van der Waals surface area contributed by atoms with Crippen molar-refractivity contribution in [3.8, 4) is 0 Å². The van der Waals surface area contributed by atoms with E-state index < -0.39 is 29.7 Å². The van der Waals surface area contributed by atoms with Gasteiger partial charge in [-0.1, -0.05) is 0 Å². The quantitative estimate of drug-likeness (QED) is 0.786. The van der Waals surface area contributed by atoms with Crippen LogP contribution < -0.4 is 0 Å². The van der Waals surface area contributed by atoms with Gasteiger partial charge in [0.1, 0.15) is 5.54 Å². The second kappa shape index (κ2) is 4.17. The summed E-state index contributed by atoms with van der Waals surface area (Å²) >= 11 is 0. The molecule has 1 aliphatic heterocycles. The lowest BCUT2D eigenvalue weighted by Gasteiger charge is -2.31. The number of methoxy groups -OCH3 is 1. The molecule has 1 amide bonds. The molecule has 0 aromatic rings. The van der Waals surface area contributed by atoms with Crippen molar-refractivity contribution in [1.29, 1.82) is 0 Å². The highest BCUT2D eigenvalue weighted by atomic mass is 19.4. The maximum atomic E-state index is 12.3. The van der Waals surface area contributed by atoms with Crippen molar-refractivity contribution in [3.63, 3.8) is 0 Å². The van der Waals surface area contributed by atoms with Gasteiger partial charge in [-0.3, -0.25) is 4.79 Å². The van der Waals surface area contributed by atoms with Gasteiger partial charge in [0.15, 0.2) is 0 Å². The normalized spacial score (nSPS) is 29.5. The average molecular weight is 255 g/mol. The Balaban J connectivity index is 3.04. The summed E-state index contributed by atoms with van der Waals surface area (Å²) in [6.45, 7) is 0.704. The van der Waals surface area contributed by atoms with Crippen molar-refractivity contribution in [2.45, 2.75) is 31.2 Å². The Morgan fingerprint density at radius 1 is 1.47 bits per heavy atom. The molecule has 0 spiro atoms. The number of carbonyl (C=O) groups excluding carboxylic acids is 1. The molecule has 1 heterocycles. The van der Waals surface area contributed by atoms with Gasteiger partial charge >= 0.3 is 18.1 Å². The zero-order chi connectivity index (χ0) is 13.4. The van der Waals surface area contributed by atoms with E-state index in [0.717, 1.165) is 6.92 Å². The fraction of sp³-hybridized carbons (Fsp3) is 0.778. The van der Waals surface area contributed by atoms with Gasteiger partial charge in [0, 0.05) is 20.1 Å². The van der Waals surface area contributed by atoms with Crippen LogP contribution in [0.3, 0.4) is 0 Å². The van der Waals surface area contributed by atoms with Crippen molar-refractivity contribution in [1.82, 2.24) is 4.90 Å². The van der Waals surface area contributed by atoms with Crippen LogP contribution in [0.1, 0.15) is 13.3 Å². The molecule has 17 heavy (non-hydrogen) atoms. The first-order valence-corrected chi connectivity index (χ1v) is 4.78. The minimum Gasteiger partial charge on any atom is -0.480 e. The topological polar surface area (TPSA) is 66.8 Å². The van der Waals surface area contributed by atoms with Crippen LogP contribution in [0.15, 0.2) is 0 Å². The van der Waals surface area contributed by atoms with Crippen LogP contribution in [0, 0.1) is 0 Å². The molecule has 8 heteroatoms. The molecule has 1 saturated heterocycles. The smallest absolute Gasteiger partial charge is 0.471 e. The van der Waals surface area contributed by atoms with Crippen molar-refractivity contribution >= 4 is 11.9 Å². The Kier molecular flexibility index (Phi) is 3.37. The van der Waals surface area contributed by atoms with Crippen LogP contribution in [0.4, 0.5) is 13.2 Å². The van der Waals surface area contributed by atoms with Gasteiger partial charge in [-0.15, -0.1) is 0 Å². The number of halogens is 3. The maximum absolute atomic E-state index is 12.3. The van der Waals surface area contributed by atoms with Crippen LogP contribution in [0.2, 0.25) is 0 Å². The summed E-state index contributed by atoms with van der Waals surface area (Å²) < 4.78 is 41.8. The summed E-state index contributed by atoms with van der Waals surface area (Å²) in [5.41, 5.74) is -1.88. The first-order valence-electron chi connectivity index (χ1n) is 4.78. The number of nitrogens with zero attached hydrogens (tertiary/aromatic N) is 1. The van der Waals surface area contributed by atoms with E-state index in [-0.39, 0.29) is 13.0 Å². The molecule has 0 aromatic carbocycles. The molecule has 98 valence electrons. The van der Waals surface area contributed by atoms with Gasteiger partial charge in [0.25, 0.3) is 0 Å². The van der Waals surface area contributed by atoms with Crippen molar-refractivity contribution in [3.05, 3.63) is 0 Å². The van der Waals surface area contributed by atoms with Crippen LogP contribution >= 0.6 is 0 Å². The van der Waals surface area contributed by atoms with Crippen molar-refractivity contribution in [2.75, 3.05) is 13.7 Å². The highest BCUT2D eigenvalue weighted by Gasteiger charge is 2.56. The number of hydrogen-bond donors (Lipinski definition) is 1. The van der Waals surface area contributed by atoms with Gasteiger partial charge in [0.2, 0.25) is 0 Å². The van der Waals surface area contributed by atoms with E-state index in [1.54, 1.807) is 0 Å². The monoisotopic (exact) mass is 255 g/mol. The van der Waals surface area contributed by atoms with Crippen LogP contribution in [0.25, 0.3) is 0 Å². The summed E-state index contributed by atoms with van der Waals surface area (Å²) in [5.74, 6) is -3.63. The third-order valence-corrected chi connectivity index (χ3v) is 2.89. The SMILES string of the molecule is COC1CN(C(=O)C(F)(F)F)C(C)(C(=O)O)C1. The molecule has 0 bridgehead atoms. The van der Waals surface area contributed by atoms with Gasteiger partial charge in [0.05, 0.1) is 6.10 Å². The zero-order valence-corrected chi connectivity index (χ0v) is 9.24. The molecule has 5 nitrogen and oxygen atoms in total. The first kappa shape index (κ1) is 13.8. The number of carbonyl (C=O) groups is 2. The Hall–Kier alpha value is -1.31. The number of ether oxygens (including phenoxy) is 1. The van der Waals surface area contributed by atoms with Crippen molar-refractivity contribution in [2.24, 2.45) is 0 Å². The van der Waals surface area contributed by atoms with Gasteiger partial charge < -0.3 is 14.7 Å². The molecule has 0 aliphatic carbocycles. The van der Waals surface area contributed by atoms with Crippen molar-refractivity contribution < 1.29 is 32.6 Å². The van der Waals surface area contributed by atoms with E-state index in [9.17, 15) is 22.8 Å². The Morgan fingerprint density at radius 2 is 2.00 bits per heavy atom. The molecule has 2 atom stereocenters. The van der Waals surface area contributed by atoms with E-state index in [0.29, 0.717) is 4.90 Å². The van der Waals surface area contributed by atoms with E-state index >= 15 is 0 Å². The van der Waals surface area contributed by atoms with E-state index in [1.165, 1.54) is 7.11 Å². The number of alkyl halides is 3. The molecule has 1 aliphatic rings. The molecule has 1 fully saturated rings. The van der Waals surface area contributed by atoms with Crippen LogP contribution in [-0.4, -0.2) is 53.4 Å². The molecule has 1 N–H and O–H groups in total. The number of rotatable bonds is 2. The lowest BCUT2D eigenvalue weighted by molar-refractivity contribution is -0.192. The number of amides is 1. The summed E-state index contributed by atoms with van der Waals surface area (Å²) in [7, 11) is 1.26. The highest BCUT2D eigenvalue weighted by Crippen LogP contribution is 2.34. The minimum atomic E-state index is -5.08. The van der Waals surface area contributed by atoms with Gasteiger partial charge in [-0.2, -0.15) is 13.2 Å². The fourth-order valence-electron chi connectivity index (χ4n) is 1.84. The lowest BCUT2D eigenvalue weighted by atomic mass is 9.98. The first-order chi connectivity index (χ1) is 7.63. The number of aliphatic carboxylic acids is 1. The zero-order valence-electron chi connectivity index (χ0n) is 9.24. The molecule has 0 saturated carbocycles. The lowest BCUT2D eigenvalue weighted by Crippen LogP contribution is -2.54. The third kappa shape index (κ3) is 2.36. The van der Waals surface area contributed by atoms with Gasteiger partial charge in [-0.05, 0) is 6.92 Å². The summed E-state index contributed by atoms with van der Waals surface area (Å²) in [6, 6.07) is 0. The second-order valence-corrected chi connectivity index (χ2v) is 4.05. The summed E-state index contributed by atoms with van der Waals surface area (Å²) in [4.78, 5) is 22.4. The van der Waals surface area contributed by atoms with Crippen LogP contribution in [-0.2, 0) is 14.3 Å². The molecular weight excluding hydrogens is 243 g/mol. The summed E-state index contributed by atoms with van der Waals surface area (Å²) in [6.07, 6.45) is -5.96. The Morgan fingerprint density at radius 3 is 2.35 bits per heavy atom. The molecule has 0 aromatic heterocycles. The number of carboxylic acid groups (broad SMARTS) is 1. The Labute approximate surface area is 95.1 Å². The molecule has 2 unspecified atom stereocenters. The third-order valence-electron chi connectivity index (χ3n) is 2.89. The molecule has 1 rings (SSSR count). The minimum absolute atomic E-state index is 0.166. The average Bonchev–Trinajstić information content (AvgIpc) is 2.54. The number of carboxylic acids is 1. The van der Waals surface area contributed by atoms with E-state index in [2.05, 4.69) is 0 Å². The molecule has 0 radical (unpaired) electrons. The van der Waals surface area contributed by atoms with Crippen LogP contribution in [0.5, 0.6) is 0 Å². The fourth-order valence-corrected chi connectivity index (χ4v) is 1.84. The Bertz CT molecular complexity index is 344. The second-order valence-electron chi connectivity index (χ2n) is 4.05. The summed E-state index contributed by atoms with van der Waals surface area (Å²) in [5, 5.41) is 8.95. The maximum Gasteiger partial charge on any atom is 0.471 e. The van der Waals surface area contributed by atoms with E-state index in [4.69, 9.17) is 9.84 Å². The standard InChI is InChI=1S/C9H12F3NO4/c1-8(7(15)16)3-5(17-2)4-13(8)6(14)9(10,11)12/h5H,3-4H2,1-2H3,(H,15,16). The molecular formula is C9H12F3NO4.